The largest absolute Gasteiger partial charge is 0.504 e. The summed E-state index contributed by atoms with van der Waals surface area (Å²) in [6, 6.07) is 0. The Hall–Kier alpha value is 0.0969. The van der Waals surface area contributed by atoms with Crippen LogP contribution in [0.2, 0.25) is 5.54 Å². The van der Waals surface area contributed by atoms with Gasteiger partial charge < -0.3 is 13.3 Å². The molecule has 0 N–H and O–H groups in total. The maximum atomic E-state index is 6.00. The molecule has 0 aromatic heterocycles. The molecular formula is C13H28O3Si. The van der Waals surface area contributed by atoms with Crippen LogP contribution in [0, 0.1) is 0 Å². The first-order chi connectivity index (χ1) is 8.29. The van der Waals surface area contributed by atoms with Gasteiger partial charge >= 0.3 is 8.80 Å². The van der Waals surface area contributed by atoms with Crippen molar-refractivity contribution in [3.8, 4) is 0 Å². The molecule has 0 spiro atoms. The van der Waals surface area contributed by atoms with Crippen molar-refractivity contribution < 1.29 is 13.3 Å². The van der Waals surface area contributed by atoms with Crippen LogP contribution in [0.15, 0.2) is 0 Å². The van der Waals surface area contributed by atoms with Gasteiger partial charge in [0.15, 0.2) is 0 Å². The van der Waals surface area contributed by atoms with Gasteiger partial charge in [-0.3, -0.25) is 0 Å². The second-order valence-electron chi connectivity index (χ2n) is 4.59. The van der Waals surface area contributed by atoms with Gasteiger partial charge in [-0.15, -0.1) is 0 Å². The van der Waals surface area contributed by atoms with Crippen LogP contribution in [0.5, 0.6) is 0 Å². The van der Waals surface area contributed by atoms with Crippen molar-refractivity contribution in [2.75, 3.05) is 19.8 Å². The summed E-state index contributed by atoms with van der Waals surface area (Å²) < 4.78 is 18.0. The molecule has 0 aliphatic heterocycles. The highest BCUT2D eigenvalue weighted by Crippen LogP contribution is 2.37. The van der Waals surface area contributed by atoms with Crippen LogP contribution < -0.4 is 0 Å². The SMILES string of the molecule is CCO[Si](OCC)(OCC)C1CCCCCC1. The van der Waals surface area contributed by atoms with Crippen LogP contribution in [-0.2, 0) is 13.3 Å². The predicted molar refractivity (Wildman–Crippen MR) is 72.1 cm³/mol. The summed E-state index contributed by atoms with van der Waals surface area (Å²) in [4.78, 5) is 0. The van der Waals surface area contributed by atoms with Crippen molar-refractivity contribution in [1.82, 2.24) is 0 Å². The van der Waals surface area contributed by atoms with Gasteiger partial charge in [-0.25, -0.2) is 0 Å². The summed E-state index contributed by atoms with van der Waals surface area (Å²) in [6.07, 6.45) is 7.73. The monoisotopic (exact) mass is 260 g/mol. The van der Waals surface area contributed by atoms with Crippen molar-refractivity contribution in [3.63, 3.8) is 0 Å². The Morgan fingerprint density at radius 2 is 1.18 bits per heavy atom. The van der Waals surface area contributed by atoms with Gasteiger partial charge in [-0.2, -0.15) is 0 Å². The van der Waals surface area contributed by atoms with Crippen molar-refractivity contribution in [2.24, 2.45) is 0 Å². The molecule has 1 saturated carbocycles. The summed E-state index contributed by atoms with van der Waals surface area (Å²) in [5.74, 6) is 0. The number of rotatable bonds is 7. The third-order valence-electron chi connectivity index (χ3n) is 3.39. The number of hydrogen-bond donors (Lipinski definition) is 0. The van der Waals surface area contributed by atoms with E-state index >= 15 is 0 Å². The maximum Gasteiger partial charge on any atom is 0.504 e. The van der Waals surface area contributed by atoms with Gasteiger partial charge in [-0.1, -0.05) is 25.7 Å². The summed E-state index contributed by atoms with van der Waals surface area (Å²) in [7, 11) is -2.43. The minimum Gasteiger partial charge on any atom is -0.374 e. The molecule has 0 heterocycles. The minimum atomic E-state index is -2.43. The van der Waals surface area contributed by atoms with E-state index in [1.165, 1.54) is 38.5 Å². The molecule has 0 radical (unpaired) electrons. The molecule has 1 fully saturated rings. The average molecular weight is 260 g/mol. The zero-order valence-corrected chi connectivity index (χ0v) is 12.7. The molecule has 0 aromatic rings. The lowest BCUT2D eigenvalue weighted by Crippen LogP contribution is -2.50. The second-order valence-corrected chi connectivity index (χ2v) is 7.48. The molecule has 1 aliphatic rings. The smallest absolute Gasteiger partial charge is 0.374 e. The van der Waals surface area contributed by atoms with Crippen LogP contribution in [0.3, 0.4) is 0 Å². The zero-order valence-electron chi connectivity index (χ0n) is 11.7. The van der Waals surface area contributed by atoms with E-state index in [1.807, 2.05) is 20.8 Å². The summed E-state index contributed by atoms with van der Waals surface area (Å²) in [6.45, 7) is 8.21. The van der Waals surface area contributed by atoms with E-state index in [2.05, 4.69) is 0 Å². The van der Waals surface area contributed by atoms with E-state index in [-0.39, 0.29) is 0 Å². The van der Waals surface area contributed by atoms with E-state index in [4.69, 9.17) is 13.3 Å². The molecule has 4 heteroatoms. The Bertz CT molecular complexity index is 174. The first kappa shape index (κ1) is 15.2. The van der Waals surface area contributed by atoms with Crippen molar-refractivity contribution in [2.45, 2.75) is 64.8 Å². The van der Waals surface area contributed by atoms with Crippen molar-refractivity contribution in [3.05, 3.63) is 0 Å². The molecule has 0 unspecified atom stereocenters. The normalized spacial score (nSPS) is 19.2. The molecule has 0 saturated heterocycles. The Kier molecular flexibility index (Phi) is 7.35. The molecule has 17 heavy (non-hydrogen) atoms. The first-order valence-electron chi connectivity index (χ1n) is 7.20. The second kappa shape index (κ2) is 8.24. The van der Waals surface area contributed by atoms with Crippen molar-refractivity contribution >= 4 is 8.80 Å². The quantitative estimate of drug-likeness (QED) is 0.515. The summed E-state index contributed by atoms with van der Waals surface area (Å²) in [5.41, 5.74) is 0.518. The van der Waals surface area contributed by atoms with Crippen LogP contribution >= 0.6 is 0 Å². The standard InChI is InChI=1S/C13H28O3Si/c1-4-14-17(15-5-2,16-6-3)13-11-9-7-8-10-12-13/h13H,4-12H2,1-3H3. The lowest BCUT2D eigenvalue weighted by atomic mass is 10.2. The molecule has 1 rings (SSSR count). The van der Waals surface area contributed by atoms with Crippen molar-refractivity contribution in [1.29, 1.82) is 0 Å². The summed E-state index contributed by atoms with van der Waals surface area (Å²) >= 11 is 0. The van der Waals surface area contributed by atoms with Crippen LogP contribution in [-0.4, -0.2) is 28.6 Å². The summed E-state index contributed by atoms with van der Waals surface area (Å²) in [5, 5.41) is 0. The molecule has 0 amide bonds. The number of hydrogen-bond acceptors (Lipinski definition) is 3. The minimum absolute atomic E-state index is 0.518. The third kappa shape index (κ3) is 4.36. The average Bonchev–Trinajstić information content (AvgIpc) is 2.58. The Morgan fingerprint density at radius 1 is 0.765 bits per heavy atom. The fourth-order valence-corrected chi connectivity index (χ4v) is 5.99. The van der Waals surface area contributed by atoms with Crippen LogP contribution in [0.1, 0.15) is 59.3 Å². The van der Waals surface area contributed by atoms with Crippen LogP contribution in [0.25, 0.3) is 0 Å². The third-order valence-corrected chi connectivity index (χ3v) is 7.04. The molecule has 0 atom stereocenters. The highest BCUT2D eigenvalue weighted by atomic mass is 28.4. The van der Waals surface area contributed by atoms with E-state index in [1.54, 1.807) is 0 Å². The van der Waals surface area contributed by atoms with E-state index in [0.29, 0.717) is 25.4 Å². The van der Waals surface area contributed by atoms with Gasteiger partial charge in [0, 0.05) is 25.4 Å². The van der Waals surface area contributed by atoms with Gasteiger partial charge in [0.25, 0.3) is 0 Å². The first-order valence-corrected chi connectivity index (χ1v) is 9.01. The van der Waals surface area contributed by atoms with Gasteiger partial charge in [0.1, 0.15) is 0 Å². The van der Waals surface area contributed by atoms with E-state index in [9.17, 15) is 0 Å². The van der Waals surface area contributed by atoms with Gasteiger partial charge in [0.05, 0.1) is 0 Å². The highest BCUT2D eigenvalue weighted by Gasteiger charge is 2.48. The van der Waals surface area contributed by atoms with E-state index < -0.39 is 8.80 Å². The molecule has 1 aliphatic carbocycles. The lowest BCUT2D eigenvalue weighted by molar-refractivity contribution is 0.0588. The van der Waals surface area contributed by atoms with Gasteiger partial charge in [-0.05, 0) is 33.6 Å². The van der Waals surface area contributed by atoms with Crippen LogP contribution in [0.4, 0.5) is 0 Å². The molecule has 3 nitrogen and oxygen atoms in total. The molecule has 0 bridgehead atoms. The Labute approximate surface area is 107 Å². The van der Waals surface area contributed by atoms with E-state index in [0.717, 1.165) is 0 Å². The molecule has 102 valence electrons. The Balaban J connectivity index is 2.75. The lowest BCUT2D eigenvalue weighted by Gasteiger charge is -2.34. The fourth-order valence-electron chi connectivity index (χ4n) is 2.72. The maximum absolute atomic E-state index is 6.00. The highest BCUT2D eigenvalue weighted by molar-refractivity contribution is 6.62. The zero-order chi connectivity index (χ0) is 12.6. The topological polar surface area (TPSA) is 27.7 Å². The fraction of sp³-hybridized carbons (Fsp3) is 1.00. The molecular weight excluding hydrogens is 232 g/mol. The predicted octanol–water partition coefficient (Wildman–Crippen LogP) is 3.76. The van der Waals surface area contributed by atoms with Gasteiger partial charge in [0.2, 0.25) is 0 Å². The Morgan fingerprint density at radius 3 is 1.53 bits per heavy atom. The molecule has 0 aromatic carbocycles.